The molecule has 3 aromatic rings. The fourth-order valence-corrected chi connectivity index (χ4v) is 4.42. The normalized spacial score (nSPS) is 19.7. The number of benzene rings is 2. The van der Waals surface area contributed by atoms with Crippen LogP contribution < -0.4 is 15.4 Å². The molecule has 0 spiro atoms. The van der Waals surface area contributed by atoms with Gasteiger partial charge < -0.3 is 24.7 Å². The maximum Gasteiger partial charge on any atom is 0.287 e. The van der Waals surface area contributed by atoms with Gasteiger partial charge in [0.1, 0.15) is 11.8 Å². The summed E-state index contributed by atoms with van der Waals surface area (Å²) in [5.41, 5.74) is 2.76. The van der Waals surface area contributed by atoms with Crippen LogP contribution in [0.25, 0.3) is 11.1 Å². The molecule has 5 rings (SSSR count). The topological polar surface area (TPSA) is 101 Å². The van der Waals surface area contributed by atoms with Crippen molar-refractivity contribution in [3.63, 3.8) is 0 Å². The Labute approximate surface area is 190 Å². The van der Waals surface area contributed by atoms with Crippen molar-refractivity contribution in [2.75, 3.05) is 19.0 Å². The van der Waals surface area contributed by atoms with Gasteiger partial charge in [-0.15, -0.1) is 0 Å². The molecule has 3 heterocycles. The van der Waals surface area contributed by atoms with Gasteiger partial charge in [-0.25, -0.2) is 0 Å². The van der Waals surface area contributed by atoms with E-state index in [1.54, 1.807) is 30.2 Å². The first-order valence-electron chi connectivity index (χ1n) is 10.8. The number of hydrogen-bond donors (Lipinski definition) is 2. The molecule has 2 aliphatic rings. The van der Waals surface area contributed by atoms with Crippen molar-refractivity contribution in [2.24, 2.45) is 0 Å². The average molecular weight is 445 g/mol. The van der Waals surface area contributed by atoms with E-state index < -0.39 is 6.04 Å². The lowest BCUT2D eigenvalue weighted by molar-refractivity contribution is -0.121. The van der Waals surface area contributed by atoms with E-state index in [1.165, 1.54) is 6.26 Å². The molecular weight excluding hydrogens is 422 g/mol. The fraction of sp³-hybridized carbons (Fsp3) is 0.240. The van der Waals surface area contributed by atoms with E-state index in [4.69, 9.17) is 9.15 Å². The lowest BCUT2D eigenvalue weighted by Crippen LogP contribution is -2.55. The summed E-state index contributed by atoms with van der Waals surface area (Å²) in [6.45, 7) is 0.367. The molecule has 33 heavy (non-hydrogen) atoms. The smallest absolute Gasteiger partial charge is 0.287 e. The van der Waals surface area contributed by atoms with E-state index in [-0.39, 0.29) is 29.5 Å². The summed E-state index contributed by atoms with van der Waals surface area (Å²) in [5.74, 6) is 0.195. The first-order valence-corrected chi connectivity index (χ1v) is 10.8. The minimum atomic E-state index is -0.662. The minimum absolute atomic E-state index is 0.195. The molecule has 1 fully saturated rings. The van der Waals surface area contributed by atoms with Gasteiger partial charge >= 0.3 is 0 Å². The van der Waals surface area contributed by atoms with Crippen LogP contribution in [0.15, 0.2) is 65.3 Å². The second kappa shape index (κ2) is 8.46. The minimum Gasteiger partial charge on any atom is -0.497 e. The number of ether oxygens (including phenoxy) is 1. The average Bonchev–Trinajstić information content (AvgIpc) is 3.36. The zero-order chi connectivity index (χ0) is 22.9. The number of nitrogens with zero attached hydrogens (tertiary/aromatic N) is 1. The van der Waals surface area contributed by atoms with Crippen molar-refractivity contribution in [3.05, 3.63) is 72.2 Å². The Morgan fingerprint density at radius 2 is 1.91 bits per heavy atom. The van der Waals surface area contributed by atoms with Crippen molar-refractivity contribution in [1.82, 2.24) is 10.2 Å². The van der Waals surface area contributed by atoms with Crippen molar-refractivity contribution in [3.8, 4) is 16.9 Å². The second-order valence-corrected chi connectivity index (χ2v) is 8.16. The number of amides is 3. The quantitative estimate of drug-likeness (QED) is 0.642. The summed E-state index contributed by atoms with van der Waals surface area (Å²) in [7, 11) is 1.61. The molecule has 8 nitrogen and oxygen atoms in total. The molecule has 2 aliphatic heterocycles. The maximum atomic E-state index is 13.4. The van der Waals surface area contributed by atoms with Crippen LogP contribution in [0.1, 0.15) is 33.8 Å². The van der Waals surface area contributed by atoms with E-state index in [2.05, 4.69) is 10.6 Å². The zero-order valence-electron chi connectivity index (χ0n) is 18.0. The molecule has 2 atom stereocenters. The molecule has 2 N–H and O–H groups in total. The first kappa shape index (κ1) is 20.8. The van der Waals surface area contributed by atoms with Gasteiger partial charge in [0.05, 0.1) is 24.6 Å². The number of anilines is 1. The van der Waals surface area contributed by atoms with Crippen molar-refractivity contribution < 1.29 is 23.5 Å². The van der Waals surface area contributed by atoms with Gasteiger partial charge in [0.2, 0.25) is 5.91 Å². The van der Waals surface area contributed by atoms with Crippen LogP contribution in [0.5, 0.6) is 5.75 Å². The second-order valence-electron chi connectivity index (χ2n) is 8.16. The number of hydrogen-bond acceptors (Lipinski definition) is 5. The van der Waals surface area contributed by atoms with Crippen molar-refractivity contribution in [1.29, 1.82) is 0 Å². The summed E-state index contributed by atoms with van der Waals surface area (Å²) in [5, 5.41) is 5.81. The molecule has 0 saturated carbocycles. The molecule has 168 valence electrons. The van der Waals surface area contributed by atoms with E-state index in [9.17, 15) is 14.4 Å². The van der Waals surface area contributed by atoms with E-state index in [0.29, 0.717) is 30.6 Å². The van der Waals surface area contributed by atoms with Gasteiger partial charge in [-0.1, -0.05) is 18.2 Å². The third-order valence-corrected chi connectivity index (χ3v) is 6.18. The third-order valence-electron chi connectivity index (χ3n) is 6.18. The first-order chi connectivity index (χ1) is 16.0. The molecule has 2 unspecified atom stereocenters. The molecule has 8 heteroatoms. The number of rotatable bonds is 4. The molecule has 0 bridgehead atoms. The SMILES string of the molecule is COc1ccc(-c2ccc3c(c2)C(=O)N2CCC(NC(=O)c4ccco4)CC2C(=O)N3)cc1. The number of fused-ring (bicyclic) bond motifs is 2. The van der Waals surface area contributed by atoms with Gasteiger partial charge in [0.25, 0.3) is 11.8 Å². The Bertz CT molecular complexity index is 1200. The van der Waals surface area contributed by atoms with Gasteiger partial charge in [0.15, 0.2) is 5.76 Å². The number of nitrogens with one attached hydrogen (secondary N) is 2. The highest BCUT2D eigenvalue weighted by molar-refractivity contribution is 6.10. The highest BCUT2D eigenvalue weighted by Crippen LogP contribution is 2.32. The van der Waals surface area contributed by atoms with Crippen LogP contribution in [-0.4, -0.2) is 48.4 Å². The Morgan fingerprint density at radius 1 is 1.12 bits per heavy atom. The lowest BCUT2D eigenvalue weighted by Gasteiger charge is -2.37. The third kappa shape index (κ3) is 3.95. The summed E-state index contributed by atoms with van der Waals surface area (Å²) in [6.07, 6.45) is 2.32. The highest BCUT2D eigenvalue weighted by atomic mass is 16.5. The Kier molecular flexibility index (Phi) is 5.34. The standard InChI is InChI=1S/C25H23N3O5/c1-32-18-7-4-15(5-8-18)16-6-9-20-19(13-16)25(31)28-11-10-17(14-21(28)23(29)27-20)26-24(30)22-3-2-12-33-22/h2-9,12-13,17,21H,10-11,14H2,1H3,(H,26,30)(H,27,29). The molecule has 1 saturated heterocycles. The zero-order valence-corrected chi connectivity index (χ0v) is 18.0. The van der Waals surface area contributed by atoms with Gasteiger partial charge in [-0.3, -0.25) is 14.4 Å². The summed E-state index contributed by atoms with van der Waals surface area (Å²) < 4.78 is 10.4. The molecule has 3 amide bonds. The predicted molar refractivity (Wildman–Crippen MR) is 121 cm³/mol. The fourth-order valence-electron chi connectivity index (χ4n) is 4.42. The lowest BCUT2D eigenvalue weighted by atomic mass is 9.95. The van der Waals surface area contributed by atoms with Crippen molar-refractivity contribution in [2.45, 2.75) is 24.9 Å². The number of carbonyl (C=O) groups is 3. The monoisotopic (exact) mass is 445 g/mol. The van der Waals surface area contributed by atoms with E-state index in [1.807, 2.05) is 36.4 Å². The highest BCUT2D eigenvalue weighted by Gasteiger charge is 2.40. The van der Waals surface area contributed by atoms with Crippen LogP contribution in [0.3, 0.4) is 0 Å². The number of carbonyl (C=O) groups excluding carboxylic acids is 3. The molecule has 0 radical (unpaired) electrons. The Morgan fingerprint density at radius 3 is 2.64 bits per heavy atom. The van der Waals surface area contributed by atoms with Gasteiger partial charge in [-0.2, -0.15) is 0 Å². The van der Waals surface area contributed by atoms with Crippen LogP contribution in [0.4, 0.5) is 5.69 Å². The van der Waals surface area contributed by atoms with Gasteiger partial charge in [-0.05, 0) is 60.4 Å². The Balaban J connectivity index is 1.37. The number of furan rings is 1. The van der Waals surface area contributed by atoms with Crippen molar-refractivity contribution >= 4 is 23.4 Å². The van der Waals surface area contributed by atoms with Gasteiger partial charge in [0, 0.05) is 12.6 Å². The summed E-state index contributed by atoms with van der Waals surface area (Å²) in [6, 6.07) is 15.4. The largest absolute Gasteiger partial charge is 0.497 e. The Hall–Kier alpha value is -4.07. The van der Waals surface area contributed by atoms with E-state index in [0.717, 1.165) is 16.9 Å². The predicted octanol–water partition coefficient (Wildman–Crippen LogP) is 3.31. The van der Waals surface area contributed by atoms with E-state index >= 15 is 0 Å². The summed E-state index contributed by atoms with van der Waals surface area (Å²) in [4.78, 5) is 40.4. The molecule has 2 aromatic carbocycles. The van der Waals surface area contributed by atoms with Crippen LogP contribution in [0.2, 0.25) is 0 Å². The number of piperidine rings is 1. The molecule has 0 aliphatic carbocycles. The maximum absolute atomic E-state index is 13.4. The van der Waals surface area contributed by atoms with Crippen LogP contribution >= 0.6 is 0 Å². The summed E-state index contributed by atoms with van der Waals surface area (Å²) >= 11 is 0. The van der Waals surface area contributed by atoms with Crippen LogP contribution in [-0.2, 0) is 4.79 Å². The van der Waals surface area contributed by atoms with Crippen LogP contribution in [0, 0.1) is 0 Å². The molecular formula is C25H23N3O5. The molecule has 1 aromatic heterocycles. The number of methoxy groups -OCH3 is 1.